The monoisotopic (exact) mass is 1160 g/mol. The van der Waals surface area contributed by atoms with Gasteiger partial charge in [0.1, 0.15) is 36.1 Å². The Morgan fingerprint density at radius 1 is 0.392 bits per heavy atom. The molecule has 6 atom stereocenters. The van der Waals surface area contributed by atoms with Crippen molar-refractivity contribution in [2.75, 3.05) is 54.3 Å². The number of carbonyl (C=O) groups is 8. The van der Waals surface area contributed by atoms with Crippen molar-refractivity contribution in [1.82, 2.24) is 0 Å². The fourth-order valence-electron chi connectivity index (χ4n) is 5.92. The van der Waals surface area contributed by atoms with Crippen LogP contribution >= 0.6 is 31.3 Å². The van der Waals surface area contributed by atoms with Crippen molar-refractivity contribution >= 4 is 79.0 Å². The summed E-state index contributed by atoms with van der Waals surface area (Å²) in [6.45, 7) is 0.904. The van der Waals surface area contributed by atoms with Gasteiger partial charge in [0.2, 0.25) is 54.3 Å². The fraction of sp³-hybridized carbons (Fsp3) is 0.778. The third-order valence-corrected chi connectivity index (χ3v) is 13.8. The van der Waals surface area contributed by atoms with Crippen molar-refractivity contribution in [3.8, 4) is 0 Å². The fourth-order valence-corrected chi connectivity index (χ4v) is 10.3. The summed E-state index contributed by atoms with van der Waals surface area (Å²) in [5, 5.41) is 0. The molecule has 426 valence electrons. The zero-order valence-corrected chi connectivity index (χ0v) is 45.2. The molecule has 0 spiro atoms. The van der Waals surface area contributed by atoms with Gasteiger partial charge in [-0.15, -0.1) is 0 Å². The molecule has 0 bridgehead atoms. The second-order valence-corrected chi connectivity index (χ2v) is 21.3. The molecule has 0 aromatic rings. The summed E-state index contributed by atoms with van der Waals surface area (Å²) in [5.41, 5.74) is -2.49. The number of carbonyl (C=O) groups excluding carboxylic acids is 8. The van der Waals surface area contributed by atoms with Gasteiger partial charge in [0.25, 0.3) is 0 Å². The van der Waals surface area contributed by atoms with Crippen LogP contribution in [0.2, 0.25) is 0 Å². The first kappa shape index (κ1) is 66.2. The first-order chi connectivity index (χ1) is 34.3. The molecule has 1 heterocycles. The minimum Gasteiger partial charge on any atom is -0.438 e. The smallest absolute Gasteiger partial charge is 0.438 e. The molecule has 0 unspecified atom stereocenters. The van der Waals surface area contributed by atoms with E-state index in [0.717, 1.165) is 55.4 Å². The second kappa shape index (κ2) is 30.2. The lowest BCUT2D eigenvalue weighted by molar-refractivity contribution is -0.233. The Bertz CT molecular complexity index is 2050. The van der Waals surface area contributed by atoms with Crippen LogP contribution in [0, 0.1) is 0 Å². The largest absolute Gasteiger partial charge is 0.481 e. The van der Waals surface area contributed by atoms with Gasteiger partial charge in [-0.3, -0.25) is 56.5 Å². The van der Waals surface area contributed by atoms with Crippen LogP contribution < -0.4 is 0 Å². The standard InChI is InChI=1S/C36H58O34P4/c1-12-13-36-33(65-35(10,11)70-36)31(67-72(46,59-16-51-24(4)39)60-17-52-25(5)40)30(66-71(45,57-14-49-22(2)37)58-15-50-23(3)38)32(68-73(47,61-18-53-26(6)41)62-19-54-27(7)42)34(36)69-74(48,63-20-55-28(8)43)64-21-56-29(9)44/h30-34H,12-21H2,1-11H3/t30-,31-,32+,33+,34-,36+/m0/s1. The first-order valence-corrected chi connectivity index (χ1v) is 26.9. The van der Waals surface area contributed by atoms with Crippen LogP contribution in [0.4, 0.5) is 0 Å². The first-order valence-electron chi connectivity index (χ1n) is 21.1. The van der Waals surface area contributed by atoms with Gasteiger partial charge in [0, 0.05) is 55.4 Å². The van der Waals surface area contributed by atoms with Crippen LogP contribution in [0.15, 0.2) is 0 Å². The molecule has 1 saturated heterocycles. The molecule has 1 saturated carbocycles. The summed E-state index contributed by atoms with van der Waals surface area (Å²) < 4.78 is 177. The predicted octanol–water partition coefficient (Wildman–Crippen LogP) is 3.96. The number of phosphoric ester groups is 4. The van der Waals surface area contributed by atoms with E-state index in [1.165, 1.54) is 20.8 Å². The number of hydrogen-bond donors (Lipinski definition) is 0. The van der Waals surface area contributed by atoms with Gasteiger partial charge in [0.15, 0.2) is 5.79 Å². The minimum atomic E-state index is -5.73. The van der Waals surface area contributed by atoms with E-state index in [1.54, 1.807) is 0 Å². The molecule has 38 heteroatoms. The van der Waals surface area contributed by atoms with Gasteiger partial charge < -0.3 is 47.4 Å². The second-order valence-electron chi connectivity index (χ2n) is 14.8. The molecule has 0 amide bonds. The lowest BCUT2D eigenvalue weighted by Gasteiger charge is -2.52. The molecule has 0 radical (unpaired) electrons. The molecule has 0 aromatic carbocycles. The summed E-state index contributed by atoms with van der Waals surface area (Å²) in [7, 11) is -22.6. The van der Waals surface area contributed by atoms with Crippen molar-refractivity contribution in [3.05, 3.63) is 0 Å². The zero-order valence-electron chi connectivity index (χ0n) is 41.6. The maximum absolute atomic E-state index is 15.0. The number of esters is 8. The lowest BCUT2D eigenvalue weighted by Crippen LogP contribution is -2.71. The zero-order chi connectivity index (χ0) is 56.1. The van der Waals surface area contributed by atoms with Crippen LogP contribution in [-0.4, -0.2) is 144 Å². The van der Waals surface area contributed by atoms with Crippen LogP contribution in [0.3, 0.4) is 0 Å². The van der Waals surface area contributed by atoms with E-state index in [1.807, 2.05) is 0 Å². The molecule has 0 N–H and O–H groups in total. The van der Waals surface area contributed by atoms with E-state index >= 15 is 0 Å². The average molecular weight is 1160 g/mol. The quantitative estimate of drug-likeness (QED) is 0.0381. The van der Waals surface area contributed by atoms with E-state index in [4.69, 9.17) is 102 Å². The van der Waals surface area contributed by atoms with Crippen LogP contribution in [0.5, 0.6) is 0 Å². The Hall–Kier alpha value is -3.88. The third-order valence-electron chi connectivity index (χ3n) is 8.47. The van der Waals surface area contributed by atoms with Gasteiger partial charge in [-0.25, -0.2) is 54.5 Å². The minimum absolute atomic E-state index is 0.0731. The summed E-state index contributed by atoms with van der Waals surface area (Å²) in [4.78, 5) is 94.8. The Labute approximate surface area is 421 Å². The Morgan fingerprint density at radius 2 is 0.635 bits per heavy atom. The summed E-state index contributed by atoms with van der Waals surface area (Å²) in [5.74, 6) is -10.3. The van der Waals surface area contributed by atoms with Crippen molar-refractivity contribution in [2.45, 2.75) is 131 Å². The maximum atomic E-state index is 15.0. The van der Waals surface area contributed by atoms with Crippen molar-refractivity contribution < 1.29 is 158 Å². The summed E-state index contributed by atoms with van der Waals surface area (Å²) >= 11 is 0. The number of rotatable bonds is 34. The van der Waals surface area contributed by atoms with Gasteiger partial charge in [-0.05, 0) is 20.3 Å². The topological polar surface area (TPSA) is 408 Å². The SMILES string of the molecule is CCC[C@@]12OC(C)(C)O[C@@H]1[C@@H](OP(=O)(OCOC(C)=O)OCOC(C)=O)[C@H](OP(=O)(OCOC(C)=O)OCOC(C)=O)[C@@H](OP(=O)(OCOC(C)=O)OCOC(C)=O)[C@@H]2OP(=O)(OCOC(C)=O)OCOC(C)=O. The Kier molecular flexibility index (Phi) is 27.0. The third kappa shape index (κ3) is 23.2. The number of phosphoric acid groups is 4. The van der Waals surface area contributed by atoms with Crippen molar-refractivity contribution in [1.29, 1.82) is 0 Å². The summed E-state index contributed by atoms with van der Waals surface area (Å²) in [6, 6.07) is 0. The van der Waals surface area contributed by atoms with Crippen LogP contribution in [-0.2, 0) is 158 Å². The number of fused-ring (bicyclic) bond motifs is 1. The highest BCUT2D eigenvalue weighted by Crippen LogP contribution is 2.65. The van der Waals surface area contributed by atoms with Crippen molar-refractivity contribution in [2.24, 2.45) is 0 Å². The highest BCUT2D eigenvalue weighted by Gasteiger charge is 2.72. The Morgan fingerprint density at radius 3 is 0.892 bits per heavy atom. The van der Waals surface area contributed by atoms with Gasteiger partial charge >= 0.3 is 79.0 Å². The summed E-state index contributed by atoms with van der Waals surface area (Å²) in [6.07, 6.45) is -13.1. The number of ether oxygens (including phenoxy) is 10. The average Bonchev–Trinajstić information content (AvgIpc) is 3.53. The molecule has 74 heavy (non-hydrogen) atoms. The Balaban J connectivity index is 3.35. The van der Waals surface area contributed by atoms with Crippen LogP contribution in [0.25, 0.3) is 0 Å². The molecular formula is C36H58O34P4. The number of hydrogen-bond acceptors (Lipinski definition) is 34. The van der Waals surface area contributed by atoms with Gasteiger partial charge in [-0.1, -0.05) is 13.3 Å². The molecule has 1 aliphatic heterocycles. The molecular weight excluding hydrogens is 1100 g/mol. The molecule has 34 nitrogen and oxygen atoms in total. The van der Waals surface area contributed by atoms with E-state index in [0.29, 0.717) is 0 Å². The molecule has 2 aliphatic rings. The maximum Gasteiger partial charge on any atom is 0.481 e. The van der Waals surface area contributed by atoms with E-state index in [2.05, 4.69) is 0 Å². The predicted molar refractivity (Wildman–Crippen MR) is 229 cm³/mol. The van der Waals surface area contributed by atoms with E-state index in [-0.39, 0.29) is 6.42 Å². The molecule has 1 aliphatic carbocycles. The van der Waals surface area contributed by atoms with Crippen molar-refractivity contribution in [3.63, 3.8) is 0 Å². The molecule has 2 rings (SSSR count). The molecule has 0 aromatic heterocycles. The highest BCUT2D eigenvalue weighted by atomic mass is 31.2. The van der Waals surface area contributed by atoms with Crippen LogP contribution in [0.1, 0.15) is 89.0 Å². The molecule has 2 fully saturated rings. The van der Waals surface area contributed by atoms with E-state index < -0.39 is 182 Å². The van der Waals surface area contributed by atoms with Gasteiger partial charge in [-0.2, -0.15) is 0 Å². The lowest BCUT2D eigenvalue weighted by atomic mass is 9.72. The highest BCUT2D eigenvalue weighted by molar-refractivity contribution is 7.49. The van der Waals surface area contributed by atoms with E-state index in [9.17, 15) is 56.6 Å². The normalized spacial score (nSPS) is 21.6. The van der Waals surface area contributed by atoms with Gasteiger partial charge in [0.05, 0.1) is 0 Å².